The maximum Gasteiger partial charge on any atom is 0.344 e. The molecule has 1 saturated heterocycles. The zero-order chi connectivity index (χ0) is 24.9. The molecule has 184 valence electrons. The summed E-state index contributed by atoms with van der Waals surface area (Å²) in [6, 6.07) is 6.66. The second-order valence-electron chi connectivity index (χ2n) is 8.91. The van der Waals surface area contributed by atoms with E-state index >= 15 is 0 Å². The van der Waals surface area contributed by atoms with Crippen molar-refractivity contribution in [1.82, 2.24) is 19.7 Å². The third-order valence-corrected chi connectivity index (χ3v) is 7.30. The van der Waals surface area contributed by atoms with Gasteiger partial charge in [-0.15, -0.1) is 4.40 Å². The number of hydrogen-bond donors (Lipinski definition) is 2. The number of hydrogen-bond acceptors (Lipinski definition) is 7. The molecule has 1 atom stereocenters. The van der Waals surface area contributed by atoms with Crippen LogP contribution in [0.15, 0.2) is 28.7 Å². The Morgan fingerprint density at radius 1 is 1.29 bits per heavy atom. The molecule has 1 aromatic carbocycles. The number of pyridine rings is 1. The van der Waals surface area contributed by atoms with Crippen LogP contribution in [0, 0.1) is 13.8 Å². The summed E-state index contributed by atoms with van der Waals surface area (Å²) >= 11 is 0. The number of amides is 1. The minimum Gasteiger partial charge on any atom is -0.491 e. The van der Waals surface area contributed by atoms with Crippen LogP contribution in [-0.4, -0.2) is 59.0 Å². The molecule has 4 heterocycles. The van der Waals surface area contributed by atoms with E-state index in [1.165, 1.54) is 0 Å². The lowest BCUT2D eigenvalue weighted by Crippen LogP contribution is -2.47. The first-order valence-corrected chi connectivity index (χ1v) is 12.8. The van der Waals surface area contributed by atoms with Gasteiger partial charge >= 0.3 is 10.2 Å². The van der Waals surface area contributed by atoms with Crippen LogP contribution in [0.1, 0.15) is 46.6 Å². The minimum atomic E-state index is -3.88. The first-order chi connectivity index (χ1) is 16.6. The summed E-state index contributed by atoms with van der Waals surface area (Å²) in [6.45, 7) is 4.60. The second kappa shape index (κ2) is 8.52. The number of fused-ring (bicyclic) bond motifs is 2. The third-order valence-electron chi connectivity index (χ3n) is 6.39. The number of carbonyl (C=O) groups excluding carboxylic acids is 1. The van der Waals surface area contributed by atoms with Gasteiger partial charge in [0.15, 0.2) is 11.5 Å². The van der Waals surface area contributed by atoms with Crippen molar-refractivity contribution < 1.29 is 17.9 Å². The van der Waals surface area contributed by atoms with Crippen LogP contribution in [0.3, 0.4) is 0 Å². The summed E-state index contributed by atoms with van der Waals surface area (Å²) < 4.78 is 37.4. The summed E-state index contributed by atoms with van der Waals surface area (Å²) in [5.41, 5.74) is 9.44. The van der Waals surface area contributed by atoms with E-state index in [0.29, 0.717) is 34.8 Å². The highest BCUT2D eigenvalue weighted by Crippen LogP contribution is 2.32. The van der Waals surface area contributed by atoms with Gasteiger partial charge < -0.3 is 15.4 Å². The lowest BCUT2D eigenvalue weighted by atomic mass is 10.00. The number of nitrogens with two attached hydrogens (primary N) is 1. The van der Waals surface area contributed by atoms with Gasteiger partial charge in [0.2, 0.25) is 0 Å². The quantitative estimate of drug-likeness (QED) is 0.561. The zero-order valence-corrected chi connectivity index (χ0v) is 20.6. The summed E-state index contributed by atoms with van der Waals surface area (Å²) in [7, 11) is -2.06. The van der Waals surface area contributed by atoms with Gasteiger partial charge in [-0.05, 0) is 51.3 Å². The summed E-state index contributed by atoms with van der Waals surface area (Å²) in [6.07, 6.45) is 2.67. The predicted octanol–water partition coefficient (Wildman–Crippen LogP) is 2.03. The first-order valence-electron chi connectivity index (χ1n) is 11.4. The number of ether oxygens (including phenoxy) is 1. The van der Waals surface area contributed by atoms with Gasteiger partial charge in [-0.25, -0.2) is 4.98 Å². The Morgan fingerprint density at radius 2 is 2.09 bits per heavy atom. The summed E-state index contributed by atoms with van der Waals surface area (Å²) in [5.74, 6) is 0.204. The molecule has 0 spiro atoms. The highest BCUT2D eigenvalue weighted by Gasteiger charge is 2.31. The Labute approximate surface area is 203 Å². The molecule has 0 aliphatic carbocycles. The molecule has 1 amide bonds. The van der Waals surface area contributed by atoms with E-state index in [2.05, 4.69) is 19.2 Å². The van der Waals surface area contributed by atoms with Gasteiger partial charge in [-0.3, -0.25) is 14.2 Å². The molecule has 0 saturated carbocycles. The van der Waals surface area contributed by atoms with Crippen molar-refractivity contribution in [2.75, 3.05) is 17.9 Å². The van der Waals surface area contributed by atoms with Crippen LogP contribution < -0.4 is 15.2 Å². The molecule has 2 aromatic heterocycles. The van der Waals surface area contributed by atoms with Gasteiger partial charge in [0.05, 0.1) is 33.9 Å². The van der Waals surface area contributed by atoms with E-state index < -0.39 is 10.2 Å². The van der Waals surface area contributed by atoms with Crippen molar-refractivity contribution in [1.29, 1.82) is 0 Å². The van der Waals surface area contributed by atoms with Crippen molar-refractivity contribution in [2.45, 2.75) is 39.2 Å². The largest absolute Gasteiger partial charge is 0.491 e. The average Bonchev–Trinajstić information content (AvgIpc) is 3.08. The molecular weight excluding hydrogens is 470 g/mol. The molecule has 5 rings (SSSR count). The highest BCUT2D eigenvalue weighted by molar-refractivity contribution is 7.91. The van der Waals surface area contributed by atoms with Crippen molar-refractivity contribution >= 4 is 38.7 Å². The number of piperidine rings is 1. The molecule has 11 nitrogen and oxygen atoms in total. The molecule has 2 aliphatic rings. The maximum absolute atomic E-state index is 13.8. The first kappa shape index (κ1) is 23.1. The molecule has 0 unspecified atom stereocenters. The van der Waals surface area contributed by atoms with Gasteiger partial charge in [0, 0.05) is 19.3 Å². The van der Waals surface area contributed by atoms with Crippen LogP contribution in [0.5, 0.6) is 5.75 Å². The van der Waals surface area contributed by atoms with Gasteiger partial charge in [0.25, 0.3) is 5.91 Å². The van der Waals surface area contributed by atoms with Crippen molar-refractivity contribution in [3.63, 3.8) is 0 Å². The number of nitrogens with one attached hydrogen (secondary N) is 1. The van der Waals surface area contributed by atoms with Crippen molar-refractivity contribution in [3.05, 3.63) is 46.8 Å². The molecule has 0 bridgehead atoms. The Hall–Kier alpha value is -3.67. The fourth-order valence-corrected chi connectivity index (χ4v) is 5.70. The van der Waals surface area contributed by atoms with E-state index in [9.17, 15) is 13.2 Å². The summed E-state index contributed by atoms with van der Waals surface area (Å²) in [4.78, 5) is 20.2. The maximum atomic E-state index is 13.8. The van der Waals surface area contributed by atoms with Crippen LogP contribution in [0.2, 0.25) is 0 Å². The van der Waals surface area contributed by atoms with E-state index in [0.717, 1.165) is 36.0 Å². The van der Waals surface area contributed by atoms with Crippen LogP contribution in [-0.2, 0) is 17.3 Å². The van der Waals surface area contributed by atoms with Crippen LogP contribution in [0.4, 0.5) is 5.69 Å². The van der Waals surface area contributed by atoms with Crippen LogP contribution in [0.25, 0.3) is 11.0 Å². The Kier molecular flexibility index (Phi) is 5.62. The van der Waals surface area contributed by atoms with E-state index in [1.807, 2.05) is 31.9 Å². The Morgan fingerprint density at radius 3 is 2.89 bits per heavy atom. The Bertz CT molecular complexity index is 1480. The number of anilines is 1. The van der Waals surface area contributed by atoms with Crippen molar-refractivity contribution in [3.8, 4) is 5.75 Å². The van der Waals surface area contributed by atoms with Gasteiger partial charge in [0.1, 0.15) is 12.4 Å². The average molecular weight is 498 g/mol. The van der Waals surface area contributed by atoms with Gasteiger partial charge in [-0.1, -0.05) is 6.07 Å². The Balaban J connectivity index is 1.43. The SMILES string of the molecule is Cc1cc(C(=O)N2CCCC[C@@H]2COc2cccc3c2C(N)=NS(=O)(=O)N3)c2c(C)nn(C)c2n1. The third kappa shape index (κ3) is 4.18. The van der Waals surface area contributed by atoms with E-state index in [-0.39, 0.29) is 24.4 Å². The van der Waals surface area contributed by atoms with E-state index in [1.54, 1.807) is 22.9 Å². The fraction of sp³-hybridized carbons (Fsp3) is 0.391. The number of benzene rings is 1. The molecular formula is C23H27N7O4S. The number of nitrogens with zero attached hydrogens (tertiary/aromatic N) is 5. The molecule has 1 fully saturated rings. The number of rotatable bonds is 4. The number of aryl methyl sites for hydroxylation is 3. The van der Waals surface area contributed by atoms with Crippen LogP contribution >= 0.6 is 0 Å². The smallest absolute Gasteiger partial charge is 0.344 e. The molecule has 3 N–H and O–H groups in total. The molecule has 3 aromatic rings. The number of amidine groups is 1. The summed E-state index contributed by atoms with van der Waals surface area (Å²) in [5, 5.41) is 5.23. The zero-order valence-electron chi connectivity index (χ0n) is 19.8. The monoisotopic (exact) mass is 497 g/mol. The lowest BCUT2D eigenvalue weighted by Gasteiger charge is -2.36. The standard InChI is InChI=1S/C23H27N7O4S/c1-13-11-16(19-14(2)26-29(3)22(19)25-13)23(31)30-10-5-4-7-15(30)12-34-18-9-6-8-17-20(18)21(24)28-35(32,33)27-17/h6,8-9,11,15,27H,4-5,7,10,12H2,1-3H3,(H2,24,28)/t15-/m1/s1. The highest BCUT2D eigenvalue weighted by atomic mass is 32.2. The fourth-order valence-electron chi connectivity index (χ4n) is 4.86. The predicted molar refractivity (Wildman–Crippen MR) is 132 cm³/mol. The molecule has 35 heavy (non-hydrogen) atoms. The minimum absolute atomic E-state index is 0.0752. The van der Waals surface area contributed by atoms with Gasteiger partial charge in [-0.2, -0.15) is 13.5 Å². The van der Waals surface area contributed by atoms with E-state index in [4.69, 9.17) is 10.5 Å². The molecule has 0 radical (unpaired) electrons. The number of likely N-dealkylation sites (tertiary alicyclic amines) is 1. The number of aromatic nitrogens is 3. The topological polar surface area (TPSA) is 145 Å². The molecule has 12 heteroatoms. The normalized spacial score (nSPS) is 19.1. The second-order valence-corrected chi connectivity index (χ2v) is 10.2. The number of carbonyl (C=O) groups is 1. The lowest BCUT2D eigenvalue weighted by molar-refractivity contribution is 0.0530. The molecule has 2 aliphatic heterocycles. The van der Waals surface area contributed by atoms with Crippen molar-refractivity contribution in [2.24, 2.45) is 17.2 Å².